The summed E-state index contributed by atoms with van der Waals surface area (Å²) in [6.07, 6.45) is 1.97. The number of piperidine rings is 1. The van der Waals surface area contributed by atoms with Gasteiger partial charge in [-0.2, -0.15) is 4.98 Å². The molecule has 2 amide bonds. The van der Waals surface area contributed by atoms with Crippen molar-refractivity contribution in [1.82, 2.24) is 15.0 Å². The van der Waals surface area contributed by atoms with Gasteiger partial charge in [-0.25, -0.2) is 4.39 Å². The second-order valence-corrected chi connectivity index (χ2v) is 8.07. The molecule has 1 saturated heterocycles. The van der Waals surface area contributed by atoms with Crippen LogP contribution in [-0.2, 0) is 4.79 Å². The quantitative estimate of drug-likeness (QED) is 0.590. The van der Waals surface area contributed by atoms with Crippen molar-refractivity contribution in [2.45, 2.75) is 32.1 Å². The number of nitrogens with one attached hydrogen (secondary N) is 1. The van der Waals surface area contributed by atoms with Crippen LogP contribution in [0.2, 0.25) is 5.02 Å². The average Bonchev–Trinajstić information content (AvgIpc) is 3.31. The van der Waals surface area contributed by atoms with Crippen molar-refractivity contribution in [1.29, 1.82) is 0 Å². The predicted octanol–water partition coefficient (Wildman–Crippen LogP) is 4.90. The van der Waals surface area contributed by atoms with E-state index in [9.17, 15) is 14.0 Å². The van der Waals surface area contributed by atoms with Gasteiger partial charge in [-0.3, -0.25) is 9.59 Å². The predicted molar refractivity (Wildman–Crippen MR) is 118 cm³/mol. The Morgan fingerprint density at radius 3 is 2.91 bits per heavy atom. The van der Waals surface area contributed by atoms with Gasteiger partial charge in [0.1, 0.15) is 5.82 Å². The number of halogens is 2. The van der Waals surface area contributed by atoms with Gasteiger partial charge in [-0.15, -0.1) is 0 Å². The first-order valence-corrected chi connectivity index (χ1v) is 10.8. The lowest BCUT2D eigenvalue weighted by atomic mass is 9.97. The number of aromatic nitrogens is 2. The van der Waals surface area contributed by atoms with Crippen molar-refractivity contribution >= 4 is 29.1 Å². The lowest BCUT2D eigenvalue weighted by Gasteiger charge is -2.31. The zero-order valence-corrected chi connectivity index (χ0v) is 18.2. The Labute approximate surface area is 189 Å². The zero-order chi connectivity index (χ0) is 22.7. The van der Waals surface area contributed by atoms with Crippen molar-refractivity contribution < 1.29 is 18.5 Å². The largest absolute Gasteiger partial charge is 0.339 e. The molecule has 7 nitrogen and oxygen atoms in total. The van der Waals surface area contributed by atoms with E-state index in [0.29, 0.717) is 42.5 Å². The number of hydrogen-bond acceptors (Lipinski definition) is 5. The molecule has 1 N–H and O–H groups in total. The first kappa shape index (κ1) is 22.0. The van der Waals surface area contributed by atoms with E-state index < -0.39 is 5.82 Å². The van der Waals surface area contributed by atoms with E-state index in [-0.39, 0.29) is 22.8 Å². The SMILES string of the molecule is CCC(=O)Nc1cccc(-c2noc([C@@H]3CCCN(C(=O)c4ccc(F)c(Cl)c4)C3)n2)c1. The summed E-state index contributed by atoms with van der Waals surface area (Å²) in [5.74, 6) is -0.0793. The summed E-state index contributed by atoms with van der Waals surface area (Å²) in [6.45, 7) is 2.79. The Bertz CT molecular complexity index is 1150. The van der Waals surface area contributed by atoms with Crippen LogP contribution in [0.4, 0.5) is 10.1 Å². The Balaban J connectivity index is 1.48. The molecule has 2 heterocycles. The highest BCUT2D eigenvalue weighted by atomic mass is 35.5. The van der Waals surface area contributed by atoms with E-state index >= 15 is 0 Å². The molecule has 1 aliphatic heterocycles. The molecule has 0 spiro atoms. The van der Waals surface area contributed by atoms with Crippen molar-refractivity contribution in [3.05, 3.63) is 64.8 Å². The fourth-order valence-corrected chi connectivity index (χ4v) is 3.86. The third kappa shape index (κ3) is 4.80. The van der Waals surface area contributed by atoms with Gasteiger partial charge in [-0.05, 0) is 43.2 Å². The summed E-state index contributed by atoms with van der Waals surface area (Å²) in [6, 6.07) is 11.2. The van der Waals surface area contributed by atoms with Crippen LogP contribution in [0.25, 0.3) is 11.4 Å². The number of benzene rings is 2. The van der Waals surface area contributed by atoms with Crippen LogP contribution in [-0.4, -0.2) is 39.9 Å². The van der Waals surface area contributed by atoms with Crippen LogP contribution in [0.3, 0.4) is 0 Å². The average molecular weight is 457 g/mol. The van der Waals surface area contributed by atoms with Crippen molar-refractivity contribution in [2.75, 3.05) is 18.4 Å². The molecule has 1 atom stereocenters. The second-order valence-electron chi connectivity index (χ2n) is 7.66. The molecule has 0 radical (unpaired) electrons. The van der Waals surface area contributed by atoms with Crippen LogP contribution in [0.15, 0.2) is 47.0 Å². The van der Waals surface area contributed by atoms with Crippen molar-refractivity contribution in [3.8, 4) is 11.4 Å². The third-order valence-corrected chi connectivity index (χ3v) is 5.68. The molecule has 4 rings (SSSR count). The van der Waals surface area contributed by atoms with Gasteiger partial charge in [0.15, 0.2) is 0 Å². The molecule has 3 aromatic rings. The first-order chi connectivity index (χ1) is 15.4. The molecule has 1 fully saturated rings. The molecule has 166 valence electrons. The minimum absolute atomic E-state index is 0.0784. The summed E-state index contributed by atoms with van der Waals surface area (Å²) in [5.41, 5.74) is 1.72. The number of carbonyl (C=O) groups excluding carboxylic acids is 2. The van der Waals surface area contributed by atoms with E-state index in [1.807, 2.05) is 12.1 Å². The summed E-state index contributed by atoms with van der Waals surface area (Å²) in [5, 5.41) is 6.82. The maximum atomic E-state index is 13.4. The highest BCUT2D eigenvalue weighted by molar-refractivity contribution is 6.31. The highest BCUT2D eigenvalue weighted by Crippen LogP contribution is 2.29. The van der Waals surface area contributed by atoms with E-state index in [0.717, 1.165) is 18.4 Å². The monoisotopic (exact) mass is 456 g/mol. The third-order valence-electron chi connectivity index (χ3n) is 5.39. The molecule has 1 aliphatic rings. The van der Waals surface area contributed by atoms with Crippen LogP contribution < -0.4 is 5.32 Å². The Morgan fingerprint density at radius 1 is 1.28 bits per heavy atom. The minimum Gasteiger partial charge on any atom is -0.339 e. The topological polar surface area (TPSA) is 88.3 Å². The normalized spacial score (nSPS) is 16.1. The maximum absolute atomic E-state index is 13.4. The summed E-state index contributed by atoms with van der Waals surface area (Å²) < 4.78 is 18.9. The summed E-state index contributed by atoms with van der Waals surface area (Å²) in [4.78, 5) is 30.7. The van der Waals surface area contributed by atoms with E-state index in [2.05, 4.69) is 15.5 Å². The van der Waals surface area contributed by atoms with E-state index in [4.69, 9.17) is 16.1 Å². The fraction of sp³-hybridized carbons (Fsp3) is 0.304. The number of carbonyl (C=O) groups is 2. The van der Waals surface area contributed by atoms with Gasteiger partial charge in [0.2, 0.25) is 17.6 Å². The van der Waals surface area contributed by atoms with Gasteiger partial charge >= 0.3 is 0 Å². The Morgan fingerprint density at radius 2 is 2.12 bits per heavy atom. The zero-order valence-electron chi connectivity index (χ0n) is 17.5. The molecular formula is C23H22ClFN4O3. The van der Waals surface area contributed by atoms with Crippen LogP contribution in [0.1, 0.15) is 48.4 Å². The molecular weight excluding hydrogens is 435 g/mol. The van der Waals surface area contributed by atoms with E-state index in [1.165, 1.54) is 18.2 Å². The molecule has 9 heteroatoms. The number of amides is 2. The minimum atomic E-state index is -0.559. The van der Waals surface area contributed by atoms with Crippen LogP contribution in [0, 0.1) is 5.82 Å². The summed E-state index contributed by atoms with van der Waals surface area (Å²) in [7, 11) is 0. The van der Waals surface area contributed by atoms with Gasteiger partial charge in [0.25, 0.3) is 5.91 Å². The van der Waals surface area contributed by atoms with Crippen LogP contribution >= 0.6 is 11.6 Å². The highest BCUT2D eigenvalue weighted by Gasteiger charge is 2.29. The smallest absolute Gasteiger partial charge is 0.253 e. The lowest BCUT2D eigenvalue weighted by Crippen LogP contribution is -2.39. The van der Waals surface area contributed by atoms with Crippen molar-refractivity contribution in [2.24, 2.45) is 0 Å². The number of nitrogens with zero attached hydrogens (tertiary/aromatic N) is 3. The molecule has 0 saturated carbocycles. The first-order valence-electron chi connectivity index (χ1n) is 10.4. The number of likely N-dealkylation sites (tertiary alicyclic amines) is 1. The van der Waals surface area contributed by atoms with E-state index in [1.54, 1.807) is 24.0 Å². The van der Waals surface area contributed by atoms with Crippen LogP contribution in [0.5, 0.6) is 0 Å². The Kier molecular flexibility index (Phi) is 6.50. The Hall–Kier alpha value is -3.26. The molecule has 0 bridgehead atoms. The molecule has 0 unspecified atom stereocenters. The molecule has 0 aliphatic carbocycles. The number of anilines is 1. The lowest BCUT2D eigenvalue weighted by molar-refractivity contribution is -0.115. The second kappa shape index (κ2) is 9.48. The van der Waals surface area contributed by atoms with Gasteiger partial charge < -0.3 is 14.7 Å². The maximum Gasteiger partial charge on any atom is 0.253 e. The molecule has 32 heavy (non-hydrogen) atoms. The van der Waals surface area contributed by atoms with Crippen molar-refractivity contribution in [3.63, 3.8) is 0 Å². The number of hydrogen-bond donors (Lipinski definition) is 1. The number of rotatable bonds is 5. The molecule has 1 aromatic heterocycles. The van der Waals surface area contributed by atoms with Gasteiger partial charge in [0, 0.05) is 36.3 Å². The van der Waals surface area contributed by atoms with Gasteiger partial charge in [-0.1, -0.05) is 35.8 Å². The summed E-state index contributed by atoms with van der Waals surface area (Å²) >= 11 is 5.83. The molecule has 2 aromatic carbocycles. The fourth-order valence-electron chi connectivity index (χ4n) is 3.68. The van der Waals surface area contributed by atoms with Gasteiger partial charge in [0.05, 0.1) is 10.9 Å². The standard InChI is InChI=1S/C23H22ClFN4O3/c1-2-20(30)26-17-7-3-5-14(11-17)21-27-22(32-28-21)16-6-4-10-29(13-16)23(31)15-8-9-19(25)18(24)12-15/h3,5,7-9,11-12,16H,2,4,6,10,13H2,1H3,(H,26,30)/t16-/m1/s1.